The molecule has 2 aliphatic rings. The second kappa shape index (κ2) is 10.8. The van der Waals surface area contributed by atoms with Gasteiger partial charge >= 0.3 is 0 Å². The lowest BCUT2D eigenvalue weighted by Crippen LogP contribution is -2.40. The van der Waals surface area contributed by atoms with E-state index in [0.717, 1.165) is 32.2 Å². The highest BCUT2D eigenvalue weighted by Crippen LogP contribution is 2.23. The van der Waals surface area contributed by atoms with Gasteiger partial charge in [-0.05, 0) is 76.6 Å². The Bertz CT molecular complexity index is 803. The van der Waals surface area contributed by atoms with Gasteiger partial charge < -0.3 is 4.74 Å². The van der Waals surface area contributed by atoms with Crippen molar-refractivity contribution in [2.75, 3.05) is 32.8 Å². The summed E-state index contributed by atoms with van der Waals surface area (Å²) in [6.07, 6.45) is 9.67. The molecule has 5 nitrogen and oxygen atoms in total. The minimum Gasteiger partial charge on any atom is -0.377 e. The number of likely N-dealkylation sites (tertiary alicyclic amines) is 1. The van der Waals surface area contributed by atoms with E-state index in [1.807, 2.05) is 6.20 Å². The number of piperidine rings is 1. The molecule has 1 unspecified atom stereocenters. The average Bonchev–Trinajstić information content (AvgIpc) is 3.43. The Morgan fingerprint density at radius 2 is 1.94 bits per heavy atom. The summed E-state index contributed by atoms with van der Waals surface area (Å²) in [5, 5.41) is 4.56. The maximum Gasteiger partial charge on any atom is 0.0702 e. The SMILES string of the molecule is Cc1ccccc1CN1CCC(CN(Cc2cnn(C(C)C)c2)CC2CCCO2)CC1. The Balaban J connectivity index is 1.31. The smallest absolute Gasteiger partial charge is 0.0702 e. The van der Waals surface area contributed by atoms with Crippen molar-refractivity contribution in [2.24, 2.45) is 5.92 Å². The summed E-state index contributed by atoms with van der Waals surface area (Å²) in [5.74, 6) is 0.773. The van der Waals surface area contributed by atoms with Crippen molar-refractivity contribution < 1.29 is 4.74 Å². The first-order valence-electron chi connectivity index (χ1n) is 12.2. The van der Waals surface area contributed by atoms with Crippen molar-refractivity contribution in [1.82, 2.24) is 19.6 Å². The van der Waals surface area contributed by atoms with Crippen LogP contribution in [0.4, 0.5) is 0 Å². The van der Waals surface area contributed by atoms with E-state index in [9.17, 15) is 0 Å². The van der Waals surface area contributed by atoms with E-state index in [1.54, 1.807) is 0 Å². The molecule has 31 heavy (non-hydrogen) atoms. The van der Waals surface area contributed by atoms with Crippen molar-refractivity contribution in [3.05, 3.63) is 53.3 Å². The first-order chi connectivity index (χ1) is 15.1. The van der Waals surface area contributed by atoms with Gasteiger partial charge in [-0.15, -0.1) is 0 Å². The lowest BCUT2D eigenvalue weighted by atomic mass is 9.95. The van der Waals surface area contributed by atoms with Gasteiger partial charge in [0.2, 0.25) is 0 Å². The molecule has 0 spiro atoms. The molecule has 2 aliphatic heterocycles. The van der Waals surface area contributed by atoms with Gasteiger partial charge in [0.25, 0.3) is 0 Å². The minimum absolute atomic E-state index is 0.404. The third-order valence-corrected chi connectivity index (χ3v) is 6.95. The Morgan fingerprint density at radius 3 is 2.61 bits per heavy atom. The van der Waals surface area contributed by atoms with E-state index >= 15 is 0 Å². The van der Waals surface area contributed by atoms with Gasteiger partial charge in [0.05, 0.1) is 12.3 Å². The number of ether oxygens (including phenoxy) is 1. The van der Waals surface area contributed by atoms with Gasteiger partial charge in [0, 0.05) is 50.6 Å². The predicted molar refractivity (Wildman–Crippen MR) is 126 cm³/mol. The number of hydrogen-bond acceptors (Lipinski definition) is 4. The summed E-state index contributed by atoms with van der Waals surface area (Å²) in [7, 11) is 0. The van der Waals surface area contributed by atoms with Crippen molar-refractivity contribution in [3.8, 4) is 0 Å². The van der Waals surface area contributed by atoms with E-state index in [2.05, 4.69) is 70.8 Å². The van der Waals surface area contributed by atoms with Crippen LogP contribution in [0.3, 0.4) is 0 Å². The van der Waals surface area contributed by atoms with Crippen LogP contribution in [0, 0.1) is 12.8 Å². The molecule has 170 valence electrons. The number of benzene rings is 1. The average molecular weight is 425 g/mol. The van der Waals surface area contributed by atoms with Crippen LogP contribution in [0.5, 0.6) is 0 Å². The summed E-state index contributed by atoms with van der Waals surface area (Å²) in [6, 6.07) is 9.23. The minimum atomic E-state index is 0.404. The van der Waals surface area contributed by atoms with E-state index in [4.69, 9.17) is 4.74 Å². The Kier molecular flexibility index (Phi) is 7.81. The first kappa shape index (κ1) is 22.5. The van der Waals surface area contributed by atoms with Gasteiger partial charge in [-0.2, -0.15) is 5.10 Å². The molecule has 0 saturated carbocycles. The van der Waals surface area contributed by atoms with Gasteiger partial charge in [0.1, 0.15) is 0 Å². The van der Waals surface area contributed by atoms with Gasteiger partial charge in [0.15, 0.2) is 0 Å². The first-order valence-corrected chi connectivity index (χ1v) is 12.2. The van der Waals surface area contributed by atoms with Crippen molar-refractivity contribution in [3.63, 3.8) is 0 Å². The zero-order valence-electron chi connectivity index (χ0n) is 19.7. The fourth-order valence-corrected chi connectivity index (χ4v) is 5.00. The van der Waals surface area contributed by atoms with Gasteiger partial charge in [-0.3, -0.25) is 14.5 Å². The molecule has 5 heteroatoms. The van der Waals surface area contributed by atoms with Crippen LogP contribution in [0.15, 0.2) is 36.7 Å². The fourth-order valence-electron chi connectivity index (χ4n) is 5.00. The predicted octanol–water partition coefficient (Wildman–Crippen LogP) is 4.67. The molecule has 4 rings (SSSR count). The van der Waals surface area contributed by atoms with E-state index in [-0.39, 0.29) is 0 Å². The van der Waals surface area contributed by atoms with Crippen LogP contribution in [-0.2, 0) is 17.8 Å². The standard InChI is InChI=1S/C26H40N4O/c1-21(2)30-18-24(15-27-30)17-29(20-26-9-6-14-31-26)16-23-10-12-28(13-11-23)19-25-8-5-4-7-22(25)3/h4-5,7-8,15,18,21,23,26H,6,9-14,16-17,19-20H2,1-3H3. The van der Waals surface area contributed by atoms with E-state index < -0.39 is 0 Å². The van der Waals surface area contributed by atoms with Crippen LogP contribution < -0.4 is 0 Å². The lowest BCUT2D eigenvalue weighted by molar-refractivity contribution is 0.0570. The second-order valence-electron chi connectivity index (χ2n) is 9.90. The van der Waals surface area contributed by atoms with E-state index in [1.165, 1.54) is 62.0 Å². The molecule has 2 fully saturated rings. The lowest BCUT2D eigenvalue weighted by Gasteiger charge is -2.35. The van der Waals surface area contributed by atoms with Crippen molar-refractivity contribution >= 4 is 0 Å². The summed E-state index contributed by atoms with van der Waals surface area (Å²) in [5.41, 5.74) is 4.21. The maximum absolute atomic E-state index is 5.98. The normalized spacial score (nSPS) is 20.9. The molecule has 1 atom stereocenters. The Hall–Kier alpha value is -1.69. The van der Waals surface area contributed by atoms with Gasteiger partial charge in [-0.1, -0.05) is 24.3 Å². The maximum atomic E-state index is 5.98. The Labute approximate surface area is 188 Å². The summed E-state index contributed by atoms with van der Waals surface area (Å²) >= 11 is 0. The molecule has 0 N–H and O–H groups in total. The van der Waals surface area contributed by atoms with Crippen LogP contribution in [0.2, 0.25) is 0 Å². The van der Waals surface area contributed by atoms with Crippen molar-refractivity contribution in [1.29, 1.82) is 0 Å². The highest BCUT2D eigenvalue weighted by molar-refractivity contribution is 5.25. The number of rotatable bonds is 9. The molecule has 0 aliphatic carbocycles. The van der Waals surface area contributed by atoms with Crippen molar-refractivity contribution in [2.45, 2.75) is 71.7 Å². The largest absolute Gasteiger partial charge is 0.377 e. The Morgan fingerprint density at radius 1 is 1.13 bits per heavy atom. The quantitative estimate of drug-likeness (QED) is 0.586. The third kappa shape index (κ3) is 6.41. The molecule has 1 aromatic carbocycles. The van der Waals surface area contributed by atoms with Crippen LogP contribution in [0.1, 0.15) is 62.3 Å². The molecular formula is C26H40N4O. The zero-order chi connectivity index (χ0) is 21.6. The fraction of sp³-hybridized carbons (Fsp3) is 0.654. The highest BCUT2D eigenvalue weighted by atomic mass is 16.5. The van der Waals surface area contributed by atoms with E-state index in [0.29, 0.717) is 12.1 Å². The molecule has 0 amide bonds. The molecule has 2 aromatic rings. The van der Waals surface area contributed by atoms with Crippen LogP contribution in [-0.4, -0.2) is 58.5 Å². The monoisotopic (exact) mass is 424 g/mol. The topological polar surface area (TPSA) is 33.5 Å². The van der Waals surface area contributed by atoms with Crippen LogP contribution in [0.25, 0.3) is 0 Å². The zero-order valence-corrected chi connectivity index (χ0v) is 19.7. The molecule has 0 bridgehead atoms. The number of aromatic nitrogens is 2. The molecule has 3 heterocycles. The highest BCUT2D eigenvalue weighted by Gasteiger charge is 2.25. The second-order valence-corrected chi connectivity index (χ2v) is 9.90. The third-order valence-electron chi connectivity index (χ3n) is 6.95. The summed E-state index contributed by atoms with van der Waals surface area (Å²) in [6.45, 7) is 14.2. The summed E-state index contributed by atoms with van der Waals surface area (Å²) < 4.78 is 8.05. The molecule has 0 radical (unpaired) electrons. The number of nitrogens with zero attached hydrogens (tertiary/aromatic N) is 4. The molecule has 1 aromatic heterocycles. The van der Waals surface area contributed by atoms with Crippen LogP contribution >= 0.6 is 0 Å². The molecular weight excluding hydrogens is 384 g/mol. The van der Waals surface area contributed by atoms with Gasteiger partial charge in [-0.25, -0.2) is 0 Å². The summed E-state index contributed by atoms with van der Waals surface area (Å²) in [4.78, 5) is 5.27. The molecule has 2 saturated heterocycles. The number of aryl methyl sites for hydroxylation is 1. The number of hydrogen-bond donors (Lipinski definition) is 0.